The summed E-state index contributed by atoms with van der Waals surface area (Å²) in [6.45, 7) is 4.85. The lowest BCUT2D eigenvalue weighted by atomic mass is 9.75. The van der Waals surface area contributed by atoms with Gasteiger partial charge in [-0.05, 0) is 42.7 Å². The zero-order valence-corrected chi connectivity index (χ0v) is 22.5. The highest BCUT2D eigenvalue weighted by atomic mass is 19.4. The molecule has 3 aromatic rings. The molecule has 2 aliphatic heterocycles. The largest absolute Gasteiger partial charge is 0.493 e. The van der Waals surface area contributed by atoms with E-state index in [4.69, 9.17) is 23.4 Å². The molecule has 214 valence electrons. The van der Waals surface area contributed by atoms with Crippen LogP contribution < -0.4 is 19.1 Å². The van der Waals surface area contributed by atoms with Crippen LogP contribution in [-0.2, 0) is 27.7 Å². The van der Waals surface area contributed by atoms with E-state index in [0.717, 1.165) is 31.7 Å². The molecule has 0 saturated carbocycles. The predicted octanol–water partition coefficient (Wildman–Crippen LogP) is 6.86. The molecular weight excluding hydrogens is 527 g/mol. The summed E-state index contributed by atoms with van der Waals surface area (Å²) < 4.78 is 68.4. The normalized spacial score (nSPS) is 17.9. The Bertz CT molecular complexity index is 1350. The highest BCUT2D eigenvalue weighted by Gasteiger charge is 2.54. The van der Waals surface area contributed by atoms with Gasteiger partial charge in [0.05, 0.1) is 19.8 Å². The minimum Gasteiger partial charge on any atom is -0.493 e. The van der Waals surface area contributed by atoms with E-state index in [1.165, 1.54) is 11.0 Å². The van der Waals surface area contributed by atoms with Crippen LogP contribution in [0.15, 0.2) is 52.9 Å². The molecule has 0 saturated heterocycles. The summed E-state index contributed by atoms with van der Waals surface area (Å²) in [6.07, 6.45) is -1.17. The fourth-order valence-electron chi connectivity index (χ4n) is 5.10. The van der Waals surface area contributed by atoms with E-state index in [1.807, 2.05) is 19.1 Å². The van der Waals surface area contributed by atoms with Crippen molar-refractivity contribution in [3.63, 3.8) is 0 Å². The van der Waals surface area contributed by atoms with Crippen LogP contribution in [0.2, 0.25) is 0 Å². The summed E-state index contributed by atoms with van der Waals surface area (Å²) in [5.41, 5.74) is 0.443. The summed E-state index contributed by atoms with van der Waals surface area (Å²) >= 11 is 0. The van der Waals surface area contributed by atoms with Crippen molar-refractivity contribution >= 4 is 11.6 Å². The van der Waals surface area contributed by atoms with Gasteiger partial charge in [0.2, 0.25) is 18.5 Å². The Morgan fingerprint density at radius 1 is 0.950 bits per heavy atom. The molecule has 0 radical (unpaired) electrons. The lowest BCUT2D eigenvalue weighted by Gasteiger charge is -2.31. The number of halogens is 3. The smallest absolute Gasteiger partial charge is 0.449 e. The third-order valence-electron chi connectivity index (χ3n) is 7.17. The molecule has 1 amide bonds. The molecule has 2 aromatic carbocycles. The first-order valence-electron chi connectivity index (χ1n) is 13.5. The molecule has 10 heteroatoms. The maximum absolute atomic E-state index is 14.6. The van der Waals surface area contributed by atoms with Gasteiger partial charge >= 0.3 is 6.18 Å². The molecule has 0 N–H and O–H groups in total. The Morgan fingerprint density at radius 2 is 1.68 bits per heavy atom. The molecule has 40 heavy (non-hydrogen) atoms. The molecule has 0 bridgehead atoms. The van der Waals surface area contributed by atoms with Crippen molar-refractivity contribution in [2.75, 3.05) is 31.5 Å². The first kappa shape index (κ1) is 27.9. The van der Waals surface area contributed by atoms with Gasteiger partial charge in [-0.25, -0.2) is 0 Å². The van der Waals surface area contributed by atoms with E-state index >= 15 is 0 Å². The number of hydrogen-bond donors (Lipinski definition) is 0. The van der Waals surface area contributed by atoms with Crippen molar-refractivity contribution in [1.29, 1.82) is 0 Å². The number of carbonyl (C=O) groups excluding carboxylic acids is 1. The average Bonchev–Trinajstić information content (AvgIpc) is 3.65. The van der Waals surface area contributed by atoms with Gasteiger partial charge in [0.25, 0.3) is 0 Å². The third-order valence-corrected chi connectivity index (χ3v) is 7.17. The molecule has 3 heterocycles. The van der Waals surface area contributed by atoms with Crippen LogP contribution in [0.4, 0.5) is 18.9 Å². The molecule has 0 fully saturated rings. The molecule has 2 aliphatic rings. The lowest BCUT2D eigenvalue weighted by Crippen LogP contribution is -2.44. The van der Waals surface area contributed by atoms with Crippen LogP contribution in [-0.4, -0.2) is 32.5 Å². The number of fused-ring (bicyclic) bond motifs is 2. The fourth-order valence-corrected chi connectivity index (χ4v) is 5.10. The van der Waals surface area contributed by atoms with Gasteiger partial charge in [-0.2, -0.15) is 13.2 Å². The summed E-state index contributed by atoms with van der Waals surface area (Å²) in [7, 11) is 0. The Balaban J connectivity index is 1.62. The highest BCUT2D eigenvalue weighted by Crippen LogP contribution is 2.52. The average molecular weight is 560 g/mol. The second-order valence-electron chi connectivity index (χ2n) is 9.89. The van der Waals surface area contributed by atoms with E-state index < -0.39 is 17.4 Å². The molecule has 7 nitrogen and oxygen atoms in total. The standard InChI is InChI=1S/C30H32F3NO6/c1-3-5-13-36-18-29(22-15-25-26(39-19-38-25)16-24(22)37-14-6-4-2)21-9-7-8-10-23(21)34(28(29)35)17-20-11-12-27(40-20)30(31,32)33/h7-12,15-16H,3-6,13-14,17-19H2,1-2H3/t29-/m0/s1. The van der Waals surface area contributed by atoms with Gasteiger partial charge in [-0.15, -0.1) is 0 Å². The van der Waals surface area contributed by atoms with E-state index in [2.05, 4.69) is 6.92 Å². The number of hydrogen-bond acceptors (Lipinski definition) is 6. The maximum atomic E-state index is 14.6. The fraction of sp³-hybridized carbons (Fsp3) is 0.433. The number of nitrogens with zero attached hydrogens (tertiary/aromatic N) is 1. The van der Waals surface area contributed by atoms with Crippen LogP contribution in [0.25, 0.3) is 0 Å². The van der Waals surface area contributed by atoms with Crippen molar-refractivity contribution in [3.8, 4) is 17.2 Å². The molecule has 0 unspecified atom stereocenters. The molecule has 5 rings (SSSR count). The van der Waals surface area contributed by atoms with Crippen molar-refractivity contribution in [1.82, 2.24) is 0 Å². The molecule has 0 aliphatic carbocycles. The summed E-state index contributed by atoms with van der Waals surface area (Å²) in [6, 6.07) is 12.9. The number of anilines is 1. The van der Waals surface area contributed by atoms with Gasteiger partial charge in [0.1, 0.15) is 16.9 Å². The molecule has 1 atom stereocenters. The first-order valence-corrected chi connectivity index (χ1v) is 13.5. The van der Waals surface area contributed by atoms with Crippen LogP contribution in [0.5, 0.6) is 17.2 Å². The van der Waals surface area contributed by atoms with Crippen molar-refractivity contribution in [2.45, 2.75) is 57.7 Å². The number of alkyl halides is 3. The van der Waals surface area contributed by atoms with Gasteiger partial charge in [-0.3, -0.25) is 4.79 Å². The number of unbranched alkanes of at least 4 members (excludes halogenated alkanes) is 2. The van der Waals surface area contributed by atoms with Crippen molar-refractivity contribution < 1.29 is 41.3 Å². The van der Waals surface area contributed by atoms with E-state index in [1.54, 1.807) is 24.3 Å². The number of para-hydroxylation sites is 1. The van der Waals surface area contributed by atoms with E-state index in [-0.39, 0.29) is 31.6 Å². The predicted molar refractivity (Wildman–Crippen MR) is 141 cm³/mol. The van der Waals surface area contributed by atoms with E-state index in [0.29, 0.717) is 47.3 Å². The summed E-state index contributed by atoms with van der Waals surface area (Å²) in [5.74, 6) is 0.0225. The lowest BCUT2D eigenvalue weighted by molar-refractivity contribution is -0.153. The molecule has 0 spiro atoms. The van der Waals surface area contributed by atoms with Crippen molar-refractivity contribution in [2.24, 2.45) is 0 Å². The Hall–Kier alpha value is -3.66. The number of furan rings is 1. The topological polar surface area (TPSA) is 70.4 Å². The zero-order chi connectivity index (χ0) is 28.3. The molecule has 1 aromatic heterocycles. The van der Waals surface area contributed by atoms with Crippen LogP contribution >= 0.6 is 0 Å². The van der Waals surface area contributed by atoms with Gasteiger partial charge < -0.3 is 28.3 Å². The number of rotatable bonds is 12. The monoisotopic (exact) mass is 559 g/mol. The summed E-state index contributed by atoms with van der Waals surface area (Å²) in [5, 5.41) is 0. The Morgan fingerprint density at radius 3 is 2.40 bits per heavy atom. The quantitative estimate of drug-likeness (QED) is 0.226. The second kappa shape index (κ2) is 11.4. The summed E-state index contributed by atoms with van der Waals surface area (Å²) in [4.78, 5) is 16.0. The number of benzene rings is 2. The molecular formula is C30H32F3NO6. The highest BCUT2D eigenvalue weighted by molar-refractivity contribution is 6.11. The number of carbonyl (C=O) groups is 1. The maximum Gasteiger partial charge on any atom is 0.449 e. The van der Waals surface area contributed by atoms with Crippen molar-refractivity contribution in [3.05, 3.63) is 71.2 Å². The minimum absolute atomic E-state index is 0.00901. The van der Waals surface area contributed by atoms with Crippen LogP contribution in [0.3, 0.4) is 0 Å². The van der Waals surface area contributed by atoms with Gasteiger partial charge in [0.15, 0.2) is 11.5 Å². The first-order chi connectivity index (χ1) is 19.3. The van der Waals surface area contributed by atoms with Crippen LogP contribution in [0.1, 0.15) is 62.2 Å². The number of ether oxygens (including phenoxy) is 4. The zero-order valence-electron chi connectivity index (χ0n) is 22.5. The van der Waals surface area contributed by atoms with E-state index in [9.17, 15) is 18.0 Å². The van der Waals surface area contributed by atoms with Gasteiger partial charge in [0, 0.05) is 23.9 Å². The van der Waals surface area contributed by atoms with Gasteiger partial charge in [-0.1, -0.05) is 44.9 Å². The SMILES string of the molecule is CCCCOC[C@]1(c2cc3c(cc2OCCCC)OCO3)C(=O)N(Cc2ccc(C(F)(F)F)o2)c2ccccc21. The third kappa shape index (κ3) is 5.12. The Labute approximate surface area is 230 Å². The van der Waals surface area contributed by atoms with Crippen LogP contribution in [0, 0.1) is 0 Å². The second-order valence-corrected chi connectivity index (χ2v) is 9.89. The minimum atomic E-state index is -4.63. The Kier molecular flexibility index (Phi) is 7.98. The number of amides is 1.